The smallest absolute Gasteiger partial charge is 0.244 e. The Labute approximate surface area is 121 Å². The molecule has 1 aliphatic carbocycles. The lowest BCUT2D eigenvalue weighted by Crippen LogP contribution is -2.33. The van der Waals surface area contributed by atoms with Crippen molar-refractivity contribution in [2.75, 3.05) is 12.3 Å². The van der Waals surface area contributed by atoms with Crippen LogP contribution in [-0.4, -0.2) is 26.2 Å². The molecule has 19 heavy (non-hydrogen) atoms. The molecule has 1 unspecified atom stereocenters. The van der Waals surface area contributed by atoms with E-state index in [9.17, 15) is 13.5 Å². The summed E-state index contributed by atoms with van der Waals surface area (Å²) in [6, 6.07) is 2.63. The van der Waals surface area contributed by atoms with E-state index in [4.69, 9.17) is 28.9 Å². The van der Waals surface area contributed by atoms with Gasteiger partial charge in [0.15, 0.2) is 0 Å². The van der Waals surface area contributed by atoms with Crippen molar-refractivity contribution in [1.82, 2.24) is 4.72 Å². The number of hydrogen-bond donors (Lipinski definition) is 3. The van der Waals surface area contributed by atoms with Crippen LogP contribution >= 0.6 is 23.2 Å². The Morgan fingerprint density at radius 2 is 2.05 bits per heavy atom. The van der Waals surface area contributed by atoms with Crippen molar-refractivity contribution in [3.05, 3.63) is 22.2 Å². The second-order valence-electron chi connectivity index (χ2n) is 4.56. The topological polar surface area (TPSA) is 92.4 Å². The molecule has 5 nitrogen and oxygen atoms in total. The normalized spacial score (nSPS) is 17.4. The van der Waals surface area contributed by atoms with E-state index in [-0.39, 0.29) is 33.1 Å². The molecule has 1 aliphatic rings. The Morgan fingerprint density at radius 3 is 2.58 bits per heavy atom. The van der Waals surface area contributed by atoms with Crippen molar-refractivity contribution < 1.29 is 13.5 Å². The van der Waals surface area contributed by atoms with Crippen molar-refractivity contribution >= 4 is 38.9 Å². The number of hydrogen-bond acceptors (Lipinski definition) is 4. The molecule has 1 aromatic carbocycles. The lowest BCUT2D eigenvalue weighted by atomic mass is 10.2. The standard InChI is InChI=1S/C11H14Cl2N2O3S/c12-7-3-8(13)11(9(14)4-7)19(17,18)15-5-10(16)6-1-2-6/h3-4,6,10,15-16H,1-2,5,14H2. The van der Waals surface area contributed by atoms with E-state index in [1.54, 1.807) is 0 Å². The number of benzene rings is 1. The fourth-order valence-electron chi connectivity index (χ4n) is 1.78. The van der Waals surface area contributed by atoms with Crippen LogP contribution in [0.4, 0.5) is 5.69 Å². The molecule has 1 fully saturated rings. The van der Waals surface area contributed by atoms with Gasteiger partial charge in [0.05, 0.1) is 16.8 Å². The zero-order valence-electron chi connectivity index (χ0n) is 9.94. The molecular weight excluding hydrogens is 311 g/mol. The van der Waals surface area contributed by atoms with Crippen LogP contribution in [0.5, 0.6) is 0 Å². The van der Waals surface area contributed by atoms with Crippen molar-refractivity contribution in [2.45, 2.75) is 23.8 Å². The fraction of sp³-hybridized carbons (Fsp3) is 0.455. The summed E-state index contributed by atoms with van der Waals surface area (Å²) in [6.45, 7) is -0.0502. The van der Waals surface area contributed by atoms with Crippen LogP contribution in [0.15, 0.2) is 17.0 Å². The average Bonchev–Trinajstić information content (AvgIpc) is 3.07. The molecule has 2 rings (SSSR count). The van der Waals surface area contributed by atoms with Crippen LogP contribution in [0.3, 0.4) is 0 Å². The van der Waals surface area contributed by atoms with Crippen molar-refractivity contribution in [2.24, 2.45) is 5.92 Å². The molecule has 106 valence electrons. The lowest BCUT2D eigenvalue weighted by molar-refractivity contribution is 0.155. The van der Waals surface area contributed by atoms with Crippen molar-refractivity contribution in [1.29, 1.82) is 0 Å². The summed E-state index contributed by atoms with van der Waals surface area (Å²) < 4.78 is 26.5. The second-order valence-corrected chi connectivity index (χ2v) is 7.11. The predicted molar refractivity (Wildman–Crippen MR) is 74.8 cm³/mol. The minimum Gasteiger partial charge on any atom is -0.398 e. The third-order valence-corrected chi connectivity index (χ3v) is 5.12. The largest absolute Gasteiger partial charge is 0.398 e. The van der Waals surface area contributed by atoms with Crippen LogP contribution in [-0.2, 0) is 10.0 Å². The number of nitrogens with two attached hydrogens (primary N) is 1. The Hall–Kier alpha value is -0.530. The van der Waals surface area contributed by atoms with Crippen LogP contribution in [0, 0.1) is 5.92 Å². The lowest BCUT2D eigenvalue weighted by Gasteiger charge is -2.13. The average molecular weight is 325 g/mol. The Bertz CT molecular complexity index is 565. The van der Waals surface area contributed by atoms with E-state index >= 15 is 0 Å². The molecule has 0 bridgehead atoms. The highest BCUT2D eigenvalue weighted by atomic mass is 35.5. The summed E-state index contributed by atoms with van der Waals surface area (Å²) in [4.78, 5) is -0.207. The number of sulfonamides is 1. The zero-order chi connectivity index (χ0) is 14.2. The van der Waals surface area contributed by atoms with Crippen LogP contribution in [0.1, 0.15) is 12.8 Å². The molecule has 4 N–H and O–H groups in total. The Kier molecular flexibility index (Phi) is 4.27. The van der Waals surface area contributed by atoms with Crippen molar-refractivity contribution in [3.63, 3.8) is 0 Å². The monoisotopic (exact) mass is 324 g/mol. The van der Waals surface area contributed by atoms with Gasteiger partial charge in [-0.25, -0.2) is 13.1 Å². The molecule has 1 atom stereocenters. The number of nitrogen functional groups attached to an aromatic ring is 1. The summed E-state index contributed by atoms with van der Waals surface area (Å²) in [6.07, 6.45) is 1.17. The van der Waals surface area contributed by atoms with E-state index in [0.29, 0.717) is 0 Å². The van der Waals surface area contributed by atoms with Gasteiger partial charge in [0.2, 0.25) is 10.0 Å². The molecule has 0 aliphatic heterocycles. The van der Waals surface area contributed by atoms with Gasteiger partial charge in [0.1, 0.15) is 4.90 Å². The van der Waals surface area contributed by atoms with Crippen molar-refractivity contribution in [3.8, 4) is 0 Å². The summed E-state index contributed by atoms with van der Waals surface area (Å²) in [7, 11) is -3.86. The number of aliphatic hydroxyl groups is 1. The van der Waals surface area contributed by atoms with Gasteiger partial charge in [-0.3, -0.25) is 0 Å². The maximum atomic E-state index is 12.1. The molecule has 0 spiro atoms. The second kappa shape index (κ2) is 5.46. The number of halogens is 2. The van der Waals surface area contributed by atoms with E-state index < -0.39 is 16.1 Å². The summed E-state index contributed by atoms with van der Waals surface area (Å²) in [5.41, 5.74) is 5.61. The highest BCUT2D eigenvalue weighted by Crippen LogP contribution is 2.33. The first-order valence-electron chi connectivity index (χ1n) is 5.73. The molecule has 0 radical (unpaired) electrons. The highest BCUT2D eigenvalue weighted by Gasteiger charge is 2.31. The summed E-state index contributed by atoms with van der Waals surface area (Å²) in [5.74, 6) is 0.181. The summed E-state index contributed by atoms with van der Waals surface area (Å²) in [5, 5.41) is 9.89. The molecule has 0 aromatic heterocycles. The van der Waals surface area contributed by atoms with Gasteiger partial charge in [0, 0.05) is 11.6 Å². The number of rotatable bonds is 5. The summed E-state index contributed by atoms with van der Waals surface area (Å²) >= 11 is 11.6. The van der Waals surface area contributed by atoms with Crippen LogP contribution in [0.25, 0.3) is 0 Å². The maximum Gasteiger partial charge on any atom is 0.244 e. The number of anilines is 1. The Balaban J connectivity index is 2.19. The fourth-order valence-corrected chi connectivity index (χ4v) is 3.81. The molecule has 1 saturated carbocycles. The molecule has 0 saturated heterocycles. The molecule has 1 aromatic rings. The van der Waals surface area contributed by atoms with Gasteiger partial charge < -0.3 is 10.8 Å². The van der Waals surface area contributed by atoms with Gasteiger partial charge in [0.25, 0.3) is 0 Å². The number of nitrogens with one attached hydrogen (secondary N) is 1. The SMILES string of the molecule is Nc1cc(Cl)cc(Cl)c1S(=O)(=O)NCC(O)C1CC1. The minimum atomic E-state index is -3.86. The van der Waals surface area contributed by atoms with Crippen LogP contribution < -0.4 is 10.5 Å². The Morgan fingerprint density at radius 1 is 1.42 bits per heavy atom. The maximum absolute atomic E-state index is 12.1. The van der Waals surface area contributed by atoms with Gasteiger partial charge in [-0.2, -0.15) is 0 Å². The van der Waals surface area contributed by atoms with Gasteiger partial charge in [-0.15, -0.1) is 0 Å². The number of aliphatic hydroxyl groups excluding tert-OH is 1. The minimum absolute atomic E-state index is 0.0223. The first-order valence-corrected chi connectivity index (χ1v) is 7.97. The third-order valence-electron chi connectivity index (χ3n) is 2.95. The quantitative estimate of drug-likeness (QED) is 0.717. The highest BCUT2D eigenvalue weighted by molar-refractivity contribution is 7.89. The zero-order valence-corrected chi connectivity index (χ0v) is 12.3. The van der Waals surface area contributed by atoms with Gasteiger partial charge in [-0.1, -0.05) is 23.2 Å². The van der Waals surface area contributed by atoms with E-state index in [1.807, 2.05) is 0 Å². The third kappa shape index (κ3) is 3.52. The molecule has 0 amide bonds. The molecular formula is C11H14Cl2N2O3S. The van der Waals surface area contributed by atoms with E-state index in [0.717, 1.165) is 12.8 Å². The molecule has 8 heteroatoms. The predicted octanol–water partition coefficient (Wildman–Crippen LogP) is 1.62. The van der Waals surface area contributed by atoms with E-state index in [1.165, 1.54) is 12.1 Å². The first-order chi connectivity index (χ1) is 8.81. The first kappa shape index (κ1) is 14.9. The van der Waals surface area contributed by atoms with Gasteiger partial charge in [-0.05, 0) is 30.9 Å². The molecule has 0 heterocycles. The van der Waals surface area contributed by atoms with Crippen LogP contribution in [0.2, 0.25) is 10.0 Å². The van der Waals surface area contributed by atoms with E-state index in [2.05, 4.69) is 4.72 Å². The van der Waals surface area contributed by atoms with Gasteiger partial charge >= 0.3 is 0 Å².